The molecule has 0 aromatic rings. The molecular formula is C6H14O3S. The van der Waals surface area contributed by atoms with Crippen molar-refractivity contribution in [2.24, 2.45) is 0 Å². The molecule has 0 saturated heterocycles. The Balaban J connectivity index is 3.17. The fourth-order valence-corrected chi connectivity index (χ4v) is 0.716. The molecule has 0 amide bonds. The van der Waals surface area contributed by atoms with E-state index in [4.69, 9.17) is 15.3 Å². The normalized spacial score (nSPS) is 16.8. The van der Waals surface area contributed by atoms with Crippen LogP contribution in [0.15, 0.2) is 0 Å². The highest BCUT2D eigenvalue weighted by Gasteiger charge is 2.05. The Morgan fingerprint density at radius 1 is 1.10 bits per heavy atom. The van der Waals surface area contributed by atoms with Crippen LogP contribution in [0.1, 0.15) is 12.8 Å². The minimum atomic E-state index is -0.666. The quantitative estimate of drug-likeness (QED) is 0.413. The molecule has 3 N–H and O–H groups in total. The topological polar surface area (TPSA) is 60.7 Å². The van der Waals surface area contributed by atoms with Gasteiger partial charge in [0.25, 0.3) is 0 Å². The predicted molar refractivity (Wildman–Crippen MR) is 42.2 cm³/mol. The van der Waals surface area contributed by atoms with Crippen molar-refractivity contribution in [3.63, 3.8) is 0 Å². The molecule has 0 rings (SSSR count). The monoisotopic (exact) mass is 166 g/mol. The molecule has 0 fully saturated rings. The van der Waals surface area contributed by atoms with E-state index in [0.717, 1.165) is 0 Å². The number of rotatable bonds is 5. The van der Waals surface area contributed by atoms with E-state index in [1.165, 1.54) is 0 Å². The Kier molecular flexibility index (Phi) is 6.11. The number of thiol groups is 1. The van der Waals surface area contributed by atoms with Crippen molar-refractivity contribution in [3.05, 3.63) is 0 Å². The zero-order valence-corrected chi connectivity index (χ0v) is 6.67. The molecule has 0 spiro atoms. The average molecular weight is 166 g/mol. The summed E-state index contributed by atoms with van der Waals surface area (Å²) in [6.45, 7) is -0.201. The highest BCUT2D eigenvalue weighted by Crippen LogP contribution is 2.05. The van der Waals surface area contributed by atoms with Crippen LogP contribution in [0.2, 0.25) is 0 Å². The van der Waals surface area contributed by atoms with E-state index in [0.29, 0.717) is 12.8 Å². The van der Waals surface area contributed by atoms with Gasteiger partial charge in [0.2, 0.25) is 0 Å². The molecule has 4 heteroatoms. The van der Waals surface area contributed by atoms with Crippen molar-refractivity contribution in [2.75, 3.05) is 13.2 Å². The lowest BCUT2D eigenvalue weighted by atomic mass is 10.1. The molecule has 0 aliphatic heterocycles. The summed E-state index contributed by atoms with van der Waals surface area (Å²) in [4.78, 5) is 0. The van der Waals surface area contributed by atoms with Gasteiger partial charge < -0.3 is 15.3 Å². The van der Waals surface area contributed by atoms with Crippen molar-refractivity contribution in [2.45, 2.75) is 24.2 Å². The molecule has 0 aromatic carbocycles. The highest BCUT2D eigenvalue weighted by molar-refractivity contribution is 7.81. The van der Waals surface area contributed by atoms with Gasteiger partial charge in [-0.15, -0.1) is 0 Å². The summed E-state index contributed by atoms with van der Waals surface area (Å²) in [6, 6.07) is 0. The molecule has 0 heterocycles. The fraction of sp³-hybridized carbons (Fsp3) is 1.00. The van der Waals surface area contributed by atoms with Crippen LogP contribution in [0.25, 0.3) is 0 Å². The van der Waals surface area contributed by atoms with Crippen LogP contribution in [-0.2, 0) is 0 Å². The van der Waals surface area contributed by atoms with Gasteiger partial charge in [-0.3, -0.25) is 0 Å². The molecule has 2 unspecified atom stereocenters. The summed E-state index contributed by atoms with van der Waals surface area (Å²) in [6.07, 6.45) is 0.452. The molecule has 0 aliphatic carbocycles. The highest BCUT2D eigenvalue weighted by atomic mass is 32.1. The van der Waals surface area contributed by atoms with Crippen molar-refractivity contribution < 1.29 is 15.3 Å². The molecule has 10 heavy (non-hydrogen) atoms. The second-order valence-electron chi connectivity index (χ2n) is 2.25. The van der Waals surface area contributed by atoms with Crippen molar-refractivity contribution >= 4 is 12.6 Å². The predicted octanol–water partition coefficient (Wildman–Crippen LogP) is -0.590. The standard InChI is InChI=1S/C6H14O3S/c7-3-5(9)1-2-6(10)4-8/h5-10H,1-4H2. The average Bonchev–Trinajstić information content (AvgIpc) is 1.99. The van der Waals surface area contributed by atoms with Gasteiger partial charge in [0.1, 0.15) is 0 Å². The van der Waals surface area contributed by atoms with Crippen LogP contribution >= 0.6 is 12.6 Å². The molecule has 0 saturated carbocycles. The summed E-state index contributed by atoms with van der Waals surface area (Å²) in [5, 5.41) is 25.6. The molecule has 62 valence electrons. The van der Waals surface area contributed by atoms with Crippen molar-refractivity contribution in [1.82, 2.24) is 0 Å². The van der Waals surface area contributed by atoms with Crippen LogP contribution < -0.4 is 0 Å². The lowest BCUT2D eigenvalue weighted by molar-refractivity contribution is 0.0853. The number of hydrogen-bond acceptors (Lipinski definition) is 4. The first-order valence-corrected chi connectivity index (χ1v) is 3.80. The third-order valence-corrected chi connectivity index (χ3v) is 1.68. The van der Waals surface area contributed by atoms with E-state index >= 15 is 0 Å². The molecule has 0 radical (unpaired) electrons. The lowest BCUT2D eigenvalue weighted by Crippen LogP contribution is -2.15. The van der Waals surface area contributed by atoms with Gasteiger partial charge >= 0.3 is 0 Å². The van der Waals surface area contributed by atoms with Crippen molar-refractivity contribution in [3.8, 4) is 0 Å². The van der Waals surface area contributed by atoms with E-state index in [9.17, 15) is 0 Å². The molecule has 0 aliphatic rings. The Labute approximate surface area is 66.1 Å². The Hall–Kier alpha value is 0.230. The fourth-order valence-electron chi connectivity index (χ4n) is 0.567. The Bertz CT molecular complexity index is 69.4. The molecule has 0 aromatic heterocycles. The van der Waals surface area contributed by atoms with Gasteiger partial charge in [-0.2, -0.15) is 12.6 Å². The van der Waals surface area contributed by atoms with Gasteiger partial charge in [0.05, 0.1) is 19.3 Å². The zero-order valence-electron chi connectivity index (χ0n) is 5.77. The van der Waals surface area contributed by atoms with Gasteiger partial charge in [0.15, 0.2) is 0 Å². The van der Waals surface area contributed by atoms with Gasteiger partial charge in [-0.05, 0) is 12.8 Å². The number of aliphatic hydroxyl groups excluding tert-OH is 3. The SMILES string of the molecule is OCC(O)CCC(S)CO. The third kappa shape index (κ3) is 5.05. The summed E-state index contributed by atoms with van der Waals surface area (Å²) in [7, 11) is 0. The van der Waals surface area contributed by atoms with Gasteiger partial charge in [-0.1, -0.05) is 0 Å². The van der Waals surface area contributed by atoms with E-state index in [-0.39, 0.29) is 18.5 Å². The maximum absolute atomic E-state index is 8.84. The molecular weight excluding hydrogens is 152 g/mol. The smallest absolute Gasteiger partial charge is 0.0771 e. The van der Waals surface area contributed by atoms with Gasteiger partial charge in [0, 0.05) is 5.25 Å². The van der Waals surface area contributed by atoms with Crippen LogP contribution in [-0.4, -0.2) is 39.9 Å². The van der Waals surface area contributed by atoms with Gasteiger partial charge in [-0.25, -0.2) is 0 Å². The Morgan fingerprint density at radius 3 is 2.10 bits per heavy atom. The van der Waals surface area contributed by atoms with E-state index < -0.39 is 6.10 Å². The molecule has 2 atom stereocenters. The first-order chi connectivity index (χ1) is 4.70. The second-order valence-corrected chi connectivity index (χ2v) is 2.98. The lowest BCUT2D eigenvalue weighted by Gasteiger charge is -2.09. The zero-order chi connectivity index (χ0) is 7.98. The molecule has 3 nitrogen and oxygen atoms in total. The first-order valence-electron chi connectivity index (χ1n) is 3.28. The summed E-state index contributed by atoms with van der Waals surface area (Å²) in [5.41, 5.74) is 0. The van der Waals surface area contributed by atoms with E-state index in [1.807, 2.05) is 0 Å². The van der Waals surface area contributed by atoms with Crippen LogP contribution in [0.4, 0.5) is 0 Å². The minimum absolute atomic E-state index is 0.0151. The summed E-state index contributed by atoms with van der Waals surface area (Å²) < 4.78 is 0. The van der Waals surface area contributed by atoms with Crippen LogP contribution in [0.5, 0.6) is 0 Å². The van der Waals surface area contributed by atoms with E-state index in [1.54, 1.807) is 0 Å². The number of hydrogen-bond donors (Lipinski definition) is 4. The molecule has 0 bridgehead atoms. The Morgan fingerprint density at radius 2 is 1.70 bits per heavy atom. The maximum Gasteiger partial charge on any atom is 0.0771 e. The van der Waals surface area contributed by atoms with Crippen molar-refractivity contribution in [1.29, 1.82) is 0 Å². The first kappa shape index (κ1) is 10.2. The summed E-state index contributed by atoms with van der Waals surface area (Å²) >= 11 is 4.00. The minimum Gasteiger partial charge on any atom is -0.395 e. The van der Waals surface area contributed by atoms with Crippen LogP contribution in [0.3, 0.4) is 0 Å². The summed E-state index contributed by atoms with van der Waals surface area (Å²) in [5.74, 6) is 0. The van der Waals surface area contributed by atoms with Crippen LogP contribution in [0, 0.1) is 0 Å². The second kappa shape index (κ2) is 5.97. The van der Waals surface area contributed by atoms with E-state index in [2.05, 4.69) is 12.6 Å². The third-order valence-electron chi connectivity index (χ3n) is 1.25. The number of aliphatic hydroxyl groups is 3. The maximum atomic E-state index is 8.84. The largest absolute Gasteiger partial charge is 0.395 e.